The molecule has 0 bridgehead atoms. The largest absolute Gasteiger partial charge is 0.508 e. The second kappa shape index (κ2) is 5.26. The van der Waals surface area contributed by atoms with E-state index in [9.17, 15) is 13.5 Å². The molecular formula is C12H18N2O3S. The van der Waals surface area contributed by atoms with E-state index in [4.69, 9.17) is 0 Å². The van der Waals surface area contributed by atoms with Gasteiger partial charge < -0.3 is 10.0 Å². The third-order valence-corrected chi connectivity index (χ3v) is 5.07. The van der Waals surface area contributed by atoms with Gasteiger partial charge in [-0.05, 0) is 44.3 Å². The Balaban J connectivity index is 2.22. The molecule has 0 aliphatic carbocycles. The van der Waals surface area contributed by atoms with Crippen molar-refractivity contribution in [3.05, 3.63) is 24.3 Å². The fourth-order valence-electron chi connectivity index (χ4n) is 2.03. The van der Waals surface area contributed by atoms with Crippen LogP contribution in [-0.2, 0) is 10.0 Å². The predicted octanol–water partition coefficient (Wildman–Crippen LogP) is 0.718. The monoisotopic (exact) mass is 270 g/mol. The fraction of sp³-hybridized carbons (Fsp3) is 0.500. The first-order valence-corrected chi connectivity index (χ1v) is 7.42. The summed E-state index contributed by atoms with van der Waals surface area (Å²) < 4.78 is 26.3. The maximum Gasteiger partial charge on any atom is 0.243 e. The Morgan fingerprint density at radius 2 is 1.72 bits per heavy atom. The number of benzene rings is 1. The highest BCUT2D eigenvalue weighted by molar-refractivity contribution is 7.89. The van der Waals surface area contributed by atoms with Crippen LogP contribution in [0.1, 0.15) is 6.42 Å². The Morgan fingerprint density at radius 1 is 1.06 bits per heavy atom. The maximum atomic E-state index is 12.4. The summed E-state index contributed by atoms with van der Waals surface area (Å²) in [6.45, 7) is 2.73. The van der Waals surface area contributed by atoms with Crippen LogP contribution in [0.3, 0.4) is 0 Å². The molecule has 2 rings (SSSR count). The van der Waals surface area contributed by atoms with Crippen molar-refractivity contribution in [3.8, 4) is 5.75 Å². The van der Waals surface area contributed by atoms with Crippen molar-refractivity contribution in [2.24, 2.45) is 0 Å². The summed E-state index contributed by atoms with van der Waals surface area (Å²) in [4.78, 5) is 2.37. The van der Waals surface area contributed by atoms with Crippen molar-refractivity contribution in [2.45, 2.75) is 11.3 Å². The van der Waals surface area contributed by atoms with Crippen molar-refractivity contribution >= 4 is 10.0 Å². The summed E-state index contributed by atoms with van der Waals surface area (Å²) in [5, 5.41) is 9.20. The van der Waals surface area contributed by atoms with Crippen molar-refractivity contribution in [3.63, 3.8) is 0 Å². The Labute approximate surface area is 108 Å². The van der Waals surface area contributed by atoms with E-state index in [1.807, 2.05) is 7.05 Å². The molecule has 1 aliphatic heterocycles. The summed E-state index contributed by atoms with van der Waals surface area (Å²) in [5.41, 5.74) is 0. The molecule has 0 saturated carbocycles. The molecule has 5 nitrogen and oxygen atoms in total. The van der Waals surface area contributed by atoms with Gasteiger partial charge in [-0.15, -0.1) is 0 Å². The number of hydrogen-bond donors (Lipinski definition) is 1. The molecule has 0 unspecified atom stereocenters. The van der Waals surface area contributed by atoms with E-state index in [1.54, 1.807) is 0 Å². The highest BCUT2D eigenvalue weighted by atomic mass is 32.2. The molecule has 0 radical (unpaired) electrons. The van der Waals surface area contributed by atoms with Crippen LogP contribution in [0.25, 0.3) is 0 Å². The Bertz CT molecular complexity index is 499. The Kier molecular flexibility index (Phi) is 3.89. The SMILES string of the molecule is CN1CCCN(S(=O)(=O)c2ccc(O)cc2)CC1. The number of sulfonamides is 1. The highest BCUT2D eigenvalue weighted by Crippen LogP contribution is 2.19. The van der Waals surface area contributed by atoms with Gasteiger partial charge in [0.25, 0.3) is 0 Å². The van der Waals surface area contributed by atoms with Gasteiger partial charge in [0.2, 0.25) is 10.0 Å². The van der Waals surface area contributed by atoms with Crippen molar-refractivity contribution in [1.29, 1.82) is 0 Å². The molecular weight excluding hydrogens is 252 g/mol. The average molecular weight is 270 g/mol. The van der Waals surface area contributed by atoms with Crippen LogP contribution in [0.15, 0.2) is 29.2 Å². The zero-order valence-corrected chi connectivity index (χ0v) is 11.2. The number of phenolic OH excluding ortho intramolecular Hbond substituents is 1. The van der Waals surface area contributed by atoms with E-state index >= 15 is 0 Å². The quantitative estimate of drug-likeness (QED) is 0.860. The fourth-order valence-corrected chi connectivity index (χ4v) is 3.50. The highest BCUT2D eigenvalue weighted by Gasteiger charge is 2.25. The van der Waals surface area contributed by atoms with Gasteiger partial charge in [-0.2, -0.15) is 4.31 Å². The molecule has 0 spiro atoms. The molecule has 6 heteroatoms. The number of aromatic hydroxyl groups is 1. The molecule has 18 heavy (non-hydrogen) atoms. The summed E-state index contributed by atoms with van der Waals surface area (Å²) in [5.74, 6) is 0.0737. The van der Waals surface area contributed by atoms with E-state index in [0.29, 0.717) is 13.1 Å². The molecule has 1 N–H and O–H groups in total. The first kappa shape index (κ1) is 13.3. The summed E-state index contributed by atoms with van der Waals surface area (Å²) >= 11 is 0. The lowest BCUT2D eigenvalue weighted by Crippen LogP contribution is -2.34. The number of nitrogens with zero attached hydrogens (tertiary/aromatic N) is 2. The van der Waals surface area contributed by atoms with Crippen LogP contribution in [0.2, 0.25) is 0 Å². The van der Waals surface area contributed by atoms with Crippen LogP contribution >= 0.6 is 0 Å². The lowest BCUT2D eigenvalue weighted by atomic mass is 10.3. The first-order chi connectivity index (χ1) is 8.50. The van der Waals surface area contributed by atoms with Crippen LogP contribution in [0.5, 0.6) is 5.75 Å². The molecule has 1 aromatic rings. The van der Waals surface area contributed by atoms with E-state index in [2.05, 4.69) is 4.90 Å². The van der Waals surface area contributed by atoms with Crippen LogP contribution in [0.4, 0.5) is 0 Å². The van der Waals surface area contributed by atoms with Crippen molar-refractivity contribution in [2.75, 3.05) is 33.2 Å². The lowest BCUT2D eigenvalue weighted by Gasteiger charge is -2.20. The Hall–Kier alpha value is -1.11. The minimum atomic E-state index is -3.43. The Morgan fingerprint density at radius 3 is 2.39 bits per heavy atom. The van der Waals surface area contributed by atoms with E-state index in [-0.39, 0.29) is 10.6 Å². The standard InChI is InChI=1S/C12H18N2O3S/c1-13-7-2-8-14(10-9-13)18(16,17)12-5-3-11(15)4-6-12/h3-6,15H,2,7-10H2,1H3. The number of phenols is 1. The van der Waals surface area contributed by atoms with Crippen molar-refractivity contribution < 1.29 is 13.5 Å². The molecule has 1 fully saturated rings. The number of hydrogen-bond acceptors (Lipinski definition) is 4. The summed E-state index contributed by atoms with van der Waals surface area (Å²) in [6, 6.07) is 5.69. The molecule has 0 amide bonds. The van der Waals surface area contributed by atoms with E-state index < -0.39 is 10.0 Å². The minimum Gasteiger partial charge on any atom is -0.508 e. The zero-order chi connectivity index (χ0) is 13.2. The zero-order valence-electron chi connectivity index (χ0n) is 10.4. The molecule has 1 saturated heterocycles. The molecule has 1 heterocycles. The first-order valence-electron chi connectivity index (χ1n) is 5.98. The maximum absolute atomic E-state index is 12.4. The molecule has 0 atom stereocenters. The summed E-state index contributed by atoms with van der Waals surface area (Å²) in [6.07, 6.45) is 0.841. The van der Waals surface area contributed by atoms with Crippen LogP contribution in [0, 0.1) is 0 Å². The average Bonchev–Trinajstić information content (AvgIpc) is 2.55. The van der Waals surface area contributed by atoms with Gasteiger partial charge in [-0.1, -0.05) is 0 Å². The molecule has 1 aromatic carbocycles. The minimum absolute atomic E-state index is 0.0737. The smallest absolute Gasteiger partial charge is 0.243 e. The van der Waals surface area contributed by atoms with Crippen LogP contribution < -0.4 is 0 Å². The van der Waals surface area contributed by atoms with Gasteiger partial charge in [-0.25, -0.2) is 8.42 Å². The number of likely N-dealkylation sites (N-methyl/N-ethyl adjacent to an activating group) is 1. The summed E-state index contributed by atoms with van der Waals surface area (Å²) in [7, 11) is -1.43. The van der Waals surface area contributed by atoms with E-state index in [1.165, 1.54) is 28.6 Å². The molecule has 0 aromatic heterocycles. The molecule has 1 aliphatic rings. The van der Waals surface area contributed by atoms with Gasteiger partial charge in [0.15, 0.2) is 0 Å². The predicted molar refractivity (Wildman–Crippen MR) is 69.0 cm³/mol. The van der Waals surface area contributed by atoms with Gasteiger partial charge >= 0.3 is 0 Å². The lowest BCUT2D eigenvalue weighted by molar-refractivity contribution is 0.347. The van der Waals surface area contributed by atoms with Gasteiger partial charge in [0.05, 0.1) is 4.90 Å². The van der Waals surface area contributed by atoms with Crippen molar-refractivity contribution in [1.82, 2.24) is 9.21 Å². The topological polar surface area (TPSA) is 60.9 Å². The second-order valence-corrected chi connectivity index (χ2v) is 6.49. The third-order valence-electron chi connectivity index (χ3n) is 3.15. The normalized spacial score (nSPS) is 19.6. The van der Waals surface area contributed by atoms with Gasteiger partial charge in [0.1, 0.15) is 5.75 Å². The molecule has 100 valence electrons. The van der Waals surface area contributed by atoms with E-state index in [0.717, 1.165) is 19.5 Å². The van der Waals surface area contributed by atoms with Gasteiger partial charge in [-0.3, -0.25) is 0 Å². The van der Waals surface area contributed by atoms with Crippen LogP contribution in [-0.4, -0.2) is 56.0 Å². The van der Waals surface area contributed by atoms with Gasteiger partial charge in [0, 0.05) is 19.6 Å². The third kappa shape index (κ3) is 2.82. The second-order valence-electron chi connectivity index (χ2n) is 4.55. The number of rotatable bonds is 2.